The van der Waals surface area contributed by atoms with Crippen LogP contribution in [0.4, 0.5) is 0 Å². The Morgan fingerprint density at radius 3 is 2.30 bits per heavy atom. The molecule has 5 heteroatoms. The van der Waals surface area contributed by atoms with Crippen molar-refractivity contribution in [2.45, 2.75) is 39.8 Å². The molecule has 0 saturated carbocycles. The number of nitrogens with one attached hydrogen (secondary N) is 1. The third-order valence-electron chi connectivity index (χ3n) is 5.73. The second-order valence-electron chi connectivity index (χ2n) is 8.08. The quantitative estimate of drug-likeness (QED) is 0.507. The van der Waals surface area contributed by atoms with Gasteiger partial charge in [-0.25, -0.2) is 4.98 Å². The van der Waals surface area contributed by atoms with Gasteiger partial charge in [0, 0.05) is 24.5 Å². The number of aryl methyl sites for hydroxylation is 2. The van der Waals surface area contributed by atoms with Crippen molar-refractivity contribution in [1.29, 1.82) is 0 Å². The zero-order valence-electron chi connectivity index (χ0n) is 18.2. The Balaban J connectivity index is 1.77. The molecule has 1 N–H and O–H groups in total. The van der Waals surface area contributed by atoms with Crippen LogP contribution in [0.25, 0.3) is 11.0 Å². The SMILES string of the molecule is Cc1cc(C(=O)NC(c2ccccc2)c2nc3ccccc3n2C)c(C)n1C(C)C. The number of benzene rings is 2. The van der Waals surface area contributed by atoms with Gasteiger partial charge in [-0.1, -0.05) is 42.5 Å². The molecule has 0 aliphatic heterocycles. The molecule has 0 saturated heterocycles. The van der Waals surface area contributed by atoms with Crippen LogP contribution in [0.15, 0.2) is 60.7 Å². The summed E-state index contributed by atoms with van der Waals surface area (Å²) in [6.45, 7) is 8.32. The average Bonchev–Trinajstić information content (AvgIpc) is 3.23. The summed E-state index contributed by atoms with van der Waals surface area (Å²) in [6, 6.07) is 20.0. The van der Waals surface area contributed by atoms with E-state index in [0.717, 1.165) is 33.8 Å². The van der Waals surface area contributed by atoms with E-state index >= 15 is 0 Å². The number of carbonyl (C=O) groups is 1. The summed E-state index contributed by atoms with van der Waals surface area (Å²) in [5, 5.41) is 3.25. The van der Waals surface area contributed by atoms with Crippen molar-refractivity contribution >= 4 is 16.9 Å². The maximum atomic E-state index is 13.4. The number of amides is 1. The Hall–Kier alpha value is -3.34. The molecule has 0 aliphatic carbocycles. The summed E-state index contributed by atoms with van der Waals surface area (Å²) >= 11 is 0. The van der Waals surface area contributed by atoms with E-state index in [0.29, 0.717) is 11.6 Å². The van der Waals surface area contributed by atoms with Gasteiger partial charge in [0.15, 0.2) is 0 Å². The number of carbonyl (C=O) groups excluding carboxylic acids is 1. The highest BCUT2D eigenvalue weighted by Gasteiger charge is 2.25. The third-order valence-corrected chi connectivity index (χ3v) is 5.73. The van der Waals surface area contributed by atoms with Crippen LogP contribution in [0, 0.1) is 13.8 Å². The minimum atomic E-state index is -0.349. The van der Waals surface area contributed by atoms with E-state index in [1.807, 2.05) is 81.6 Å². The van der Waals surface area contributed by atoms with Gasteiger partial charge in [0.2, 0.25) is 0 Å². The van der Waals surface area contributed by atoms with Gasteiger partial charge in [0.05, 0.1) is 16.6 Å². The number of imidazole rings is 1. The first kappa shape index (κ1) is 20.0. The smallest absolute Gasteiger partial charge is 0.253 e. The third kappa shape index (κ3) is 3.41. The maximum Gasteiger partial charge on any atom is 0.253 e. The van der Waals surface area contributed by atoms with Crippen molar-refractivity contribution in [3.05, 3.63) is 89.0 Å². The molecule has 2 aromatic heterocycles. The molecule has 4 rings (SSSR count). The molecular formula is C25H28N4O. The Labute approximate surface area is 177 Å². The van der Waals surface area contributed by atoms with E-state index in [9.17, 15) is 4.79 Å². The standard InChI is InChI=1S/C25H28N4O/c1-16(2)29-17(3)15-20(18(29)4)25(30)27-23(19-11-7-6-8-12-19)24-26-21-13-9-10-14-22(21)28(24)5/h6-16,23H,1-5H3,(H,27,30). The van der Waals surface area contributed by atoms with Gasteiger partial charge in [-0.15, -0.1) is 0 Å². The van der Waals surface area contributed by atoms with Crippen molar-refractivity contribution in [2.24, 2.45) is 7.05 Å². The lowest BCUT2D eigenvalue weighted by atomic mass is 10.1. The van der Waals surface area contributed by atoms with Gasteiger partial charge < -0.3 is 14.5 Å². The molecule has 1 amide bonds. The fourth-order valence-electron chi connectivity index (χ4n) is 4.38. The number of hydrogen-bond donors (Lipinski definition) is 1. The van der Waals surface area contributed by atoms with Crippen LogP contribution in [0.1, 0.15) is 59.1 Å². The monoisotopic (exact) mass is 400 g/mol. The number of para-hydroxylation sites is 2. The minimum absolute atomic E-state index is 0.0871. The maximum absolute atomic E-state index is 13.4. The van der Waals surface area contributed by atoms with E-state index in [2.05, 4.69) is 28.3 Å². The predicted molar refractivity (Wildman–Crippen MR) is 121 cm³/mol. The van der Waals surface area contributed by atoms with E-state index in [4.69, 9.17) is 4.98 Å². The Morgan fingerprint density at radius 1 is 1.00 bits per heavy atom. The molecule has 0 radical (unpaired) electrons. The first-order valence-electron chi connectivity index (χ1n) is 10.3. The van der Waals surface area contributed by atoms with Crippen LogP contribution in [0.2, 0.25) is 0 Å². The summed E-state index contributed by atoms with van der Waals surface area (Å²) < 4.78 is 4.26. The number of rotatable bonds is 5. The molecule has 30 heavy (non-hydrogen) atoms. The van der Waals surface area contributed by atoms with E-state index in [1.54, 1.807) is 0 Å². The van der Waals surface area contributed by atoms with E-state index < -0.39 is 0 Å². The van der Waals surface area contributed by atoms with Crippen LogP contribution in [0.3, 0.4) is 0 Å². The van der Waals surface area contributed by atoms with E-state index in [1.165, 1.54) is 0 Å². The zero-order chi connectivity index (χ0) is 21.4. The van der Waals surface area contributed by atoms with Crippen molar-refractivity contribution in [1.82, 2.24) is 19.4 Å². The highest BCUT2D eigenvalue weighted by Crippen LogP contribution is 2.27. The van der Waals surface area contributed by atoms with Gasteiger partial charge in [-0.05, 0) is 51.5 Å². The van der Waals surface area contributed by atoms with Crippen molar-refractivity contribution in [3.8, 4) is 0 Å². The summed E-state index contributed by atoms with van der Waals surface area (Å²) in [6.07, 6.45) is 0. The van der Waals surface area contributed by atoms with Gasteiger partial charge in [0.25, 0.3) is 5.91 Å². The highest BCUT2D eigenvalue weighted by molar-refractivity contribution is 5.96. The summed E-state index contributed by atoms with van der Waals surface area (Å²) in [7, 11) is 2.00. The molecule has 1 unspecified atom stereocenters. The topological polar surface area (TPSA) is 51.9 Å². The van der Waals surface area contributed by atoms with Gasteiger partial charge >= 0.3 is 0 Å². The van der Waals surface area contributed by atoms with Crippen LogP contribution in [-0.4, -0.2) is 20.0 Å². The lowest BCUT2D eigenvalue weighted by molar-refractivity contribution is 0.0940. The second kappa shape index (κ2) is 7.82. The minimum Gasteiger partial charge on any atom is -0.346 e. The molecule has 2 heterocycles. The van der Waals surface area contributed by atoms with Crippen LogP contribution in [-0.2, 0) is 7.05 Å². The van der Waals surface area contributed by atoms with Crippen molar-refractivity contribution in [2.75, 3.05) is 0 Å². The number of aromatic nitrogens is 3. The molecule has 0 aliphatic rings. The number of nitrogens with zero attached hydrogens (tertiary/aromatic N) is 3. The van der Waals surface area contributed by atoms with Crippen LogP contribution >= 0.6 is 0 Å². The Morgan fingerprint density at radius 2 is 1.67 bits per heavy atom. The second-order valence-corrected chi connectivity index (χ2v) is 8.08. The highest BCUT2D eigenvalue weighted by atomic mass is 16.1. The summed E-state index contributed by atoms with van der Waals surface area (Å²) in [5.74, 6) is 0.726. The fourth-order valence-corrected chi connectivity index (χ4v) is 4.38. The first-order chi connectivity index (χ1) is 14.4. The largest absolute Gasteiger partial charge is 0.346 e. The summed E-state index contributed by atoms with van der Waals surface area (Å²) in [4.78, 5) is 18.2. The molecular weight excluding hydrogens is 372 g/mol. The van der Waals surface area contributed by atoms with Gasteiger partial charge in [-0.2, -0.15) is 0 Å². The Kier molecular flexibility index (Phi) is 5.20. The predicted octanol–water partition coefficient (Wildman–Crippen LogP) is 5.09. The van der Waals surface area contributed by atoms with Crippen molar-refractivity contribution in [3.63, 3.8) is 0 Å². The van der Waals surface area contributed by atoms with Crippen LogP contribution < -0.4 is 5.32 Å². The van der Waals surface area contributed by atoms with Crippen molar-refractivity contribution < 1.29 is 4.79 Å². The zero-order valence-corrected chi connectivity index (χ0v) is 18.2. The molecule has 5 nitrogen and oxygen atoms in total. The fraction of sp³-hybridized carbons (Fsp3) is 0.280. The molecule has 0 spiro atoms. The molecule has 0 bridgehead atoms. The molecule has 4 aromatic rings. The lowest BCUT2D eigenvalue weighted by Crippen LogP contribution is -2.31. The van der Waals surface area contributed by atoms with E-state index in [-0.39, 0.29) is 11.9 Å². The average molecular weight is 401 g/mol. The van der Waals surface area contributed by atoms with Crippen LogP contribution in [0.5, 0.6) is 0 Å². The number of hydrogen-bond acceptors (Lipinski definition) is 2. The molecule has 154 valence electrons. The molecule has 1 atom stereocenters. The van der Waals surface area contributed by atoms with Gasteiger partial charge in [-0.3, -0.25) is 4.79 Å². The Bertz CT molecular complexity index is 1200. The molecule has 0 fully saturated rings. The summed E-state index contributed by atoms with van der Waals surface area (Å²) in [5.41, 5.74) is 5.75. The number of fused-ring (bicyclic) bond motifs is 1. The van der Waals surface area contributed by atoms with Gasteiger partial charge in [0.1, 0.15) is 11.9 Å². The first-order valence-corrected chi connectivity index (χ1v) is 10.3. The normalized spacial score (nSPS) is 12.5. The lowest BCUT2D eigenvalue weighted by Gasteiger charge is -2.20. The molecule has 2 aromatic carbocycles.